The second-order valence-electron chi connectivity index (χ2n) is 5.20. The lowest BCUT2D eigenvalue weighted by Gasteiger charge is -2.27. The van der Waals surface area contributed by atoms with Gasteiger partial charge < -0.3 is 15.0 Å². The molecule has 4 heteroatoms. The second-order valence-corrected chi connectivity index (χ2v) is 6.12. The minimum atomic E-state index is 0.455. The standard InChI is InChI=1S/C14H21BrN2O/c1-16-9-14(6-7-14)10-17(2)12-8-11(15)4-5-13(12)18-3/h4-5,8,16H,6-7,9-10H2,1-3H3. The maximum absolute atomic E-state index is 5.44. The smallest absolute Gasteiger partial charge is 0.142 e. The molecule has 0 bridgehead atoms. The van der Waals surface area contributed by atoms with Crippen molar-refractivity contribution in [2.45, 2.75) is 12.8 Å². The van der Waals surface area contributed by atoms with Crippen molar-refractivity contribution >= 4 is 21.6 Å². The highest BCUT2D eigenvalue weighted by molar-refractivity contribution is 9.10. The van der Waals surface area contributed by atoms with Crippen LogP contribution in [0.1, 0.15) is 12.8 Å². The van der Waals surface area contributed by atoms with Gasteiger partial charge in [0, 0.05) is 30.0 Å². The number of hydrogen-bond acceptors (Lipinski definition) is 3. The van der Waals surface area contributed by atoms with Crippen molar-refractivity contribution in [3.05, 3.63) is 22.7 Å². The normalized spacial score (nSPS) is 16.4. The van der Waals surface area contributed by atoms with Gasteiger partial charge in [0.05, 0.1) is 12.8 Å². The first-order valence-corrected chi connectivity index (χ1v) is 7.09. The average Bonchev–Trinajstić information content (AvgIpc) is 3.09. The fourth-order valence-corrected chi connectivity index (χ4v) is 2.84. The van der Waals surface area contributed by atoms with Crippen LogP contribution < -0.4 is 15.0 Å². The SMILES string of the molecule is CNCC1(CN(C)c2cc(Br)ccc2OC)CC1. The van der Waals surface area contributed by atoms with Crippen LogP contribution in [0.4, 0.5) is 5.69 Å². The Kier molecular flexibility index (Phi) is 4.17. The Hall–Kier alpha value is -0.740. The van der Waals surface area contributed by atoms with Crippen LogP contribution in [-0.2, 0) is 0 Å². The molecule has 0 atom stereocenters. The molecule has 2 rings (SSSR count). The third-order valence-electron chi connectivity index (χ3n) is 3.63. The van der Waals surface area contributed by atoms with E-state index in [-0.39, 0.29) is 0 Å². The zero-order valence-corrected chi connectivity index (χ0v) is 12.9. The van der Waals surface area contributed by atoms with Gasteiger partial charge in [0.1, 0.15) is 5.75 Å². The quantitative estimate of drug-likeness (QED) is 0.874. The first-order chi connectivity index (χ1) is 8.60. The fourth-order valence-electron chi connectivity index (χ4n) is 2.49. The third kappa shape index (κ3) is 2.98. The molecule has 100 valence electrons. The summed E-state index contributed by atoms with van der Waals surface area (Å²) in [6, 6.07) is 6.14. The third-order valence-corrected chi connectivity index (χ3v) is 4.13. The molecule has 1 aromatic rings. The number of hydrogen-bond donors (Lipinski definition) is 1. The van der Waals surface area contributed by atoms with Crippen molar-refractivity contribution in [1.82, 2.24) is 5.32 Å². The number of anilines is 1. The number of nitrogens with zero attached hydrogens (tertiary/aromatic N) is 1. The Morgan fingerprint density at radius 2 is 2.17 bits per heavy atom. The van der Waals surface area contributed by atoms with E-state index in [0.29, 0.717) is 5.41 Å². The molecule has 0 aliphatic heterocycles. The van der Waals surface area contributed by atoms with Crippen molar-refractivity contribution in [3.8, 4) is 5.75 Å². The average molecular weight is 313 g/mol. The number of ether oxygens (including phenoxy) is 1. The first-order valence-electron chi connectivity index (χ1n) is 6.29. The molecule has 0 heterocycles. The van der Waals surface area contributed by atoms with Crippen molar-refractivity contribution in [2.24, 2.45) is 5.41 Å². The van der Waals surface area contributed by atoms with Crippen LogP contribution in [-0.4, -0.2) is 34.3 Å². The van der Waals surface area contributed by atoms with Crippen LogP contribution in [0.5, 0.6) is 5.75 Å². The van der Waals surface area contributed by atoms with Crippen molar-refractivity contribution < 1.29 is 4.74 Å². The van der Waals surface area contributed by atoms with Gasteiger partial charge >= 0.3 is 0 Å². The Labute approximate surface area is 118 Å². The highest BCUT2D eigenvalue weighted by Gasteiger charge is 2.42. The fraction of sp³-hybridized carbons (Fsp3) is 0.571. The Morgan fingerprint density at radius 3 is 2.72 bits per heavy atom. The maximum atomic E-state index is 5.44. The molecule has 1 saturated carbocycles. The van der Waals surface area contributed by atoms with Crippen molar-refractivity contribution in [2.75, 3.05) is 39.2 Å². The molecule has 3 nitrogen and oxygen atoms in total. The highest BCUT2D eigenvalue weighted by Crippen LogP contribution is 2.46. The summed E-state index contributed by atoms with van der Waals surface area (Å²) >= 11 is 3.53. The molecule has 18 heavy (non-hydrogen) atoms. The van der Waals surface area contributed by atoms with Crippen LogP contribution >= 0.6 is 15.9 Å². The van der Waals surface area contributed by atoms with E-state index in [2.05, 4.69) is 39.3 Å². The minimum Gasteiger partial charge on any atom is -0.495 e. The van der Waals surface area contributed by atoms with E-state index in [4.69, 9.17) is 4.74 Å². The summed E-state index contributed by atoms with van der Waals surface area (Å²) < 4.78 is 6.52. The molecular formula is C14H21BrN2O. The van der Waals surface area contributed by atoms with Crippen LogP contribution in [0.2, 0.25) is 0 Å². The number of halogens is 1. The zero-order chi connectivity index (χ0) is 13.2. The summed E-state index contributed by atoms with van der Waals surface area (Å²) in [6.07, 6.45) is 2.63. The molecule has 0 unspecified atom stereocenters. The Morgan fingerprint density at radius 1 is 1.44 bits per heavy atom. The molecule has 0 spiro atoms. The van der Waals surface area contributed by atoms with Gasteiger partial charge in [-0.25, -0.2) is 0 Å². The van der Waals surface area contributed by atoms with E-state index >= 15 is 0 Å². The molecule has 0 radical (unpaired) electrons. The lowest BCUT2D eigenvalue weighted by Crippen LogP contribution is -2.33. The van der Waals surface area contributed by atoms with E-state index in [9.17, 15) is 0 Å². The summed E-state index contributed by atoms with van der Waals surface area (Å²) in [5.41, 5.74) is 1.60. The summed E-state index contributed by atoms with van der Waals surface area (Å²) in [5.74, 6) is 0.931. The summed E-state index contributed by atoms with van der Waals surface area (Å²) in [4.78, 5) is 2.30. The predicted octanol–water partition coefficient (Wildman–Crippen LogP) is 2.89. The van der Waals surface area contributed by atoms with E-state index in [1.54, 1.807) is 7.11 Å². The molecule has 1 aromatic carbocycles. The lowest BCUT2D eigenvalue weighted by atomic mass is 10.1. The second kappa shape index (κ2) is 5.49. The largest absolute Gasteiger partial charge is 0.495 e. The number of nitrogens with one attached hydrogen (secondary N) is 1. The monoisotopic (exact) mass is 312 g/mol. The molecular weight excluding hydrogens is 292 g/mol. The minimum absolute atomic E-state index is 0.455. The molecule has 0 aromatic heterocycles. The van der Waals surface area contributed by atoms with Gasteiger partial charge in [0.2, 0.25) is 0 Å². The number of methoxy groups -OCH3 is 1. The van der Waals surface area contributed by atoms with Crippen LogP contribution in [0.15, 0.2) is 22.7 Å². The van der Waals surface area contributed by atoms with Gasteiger partial charge in [0.15, 0.2) is 0 Å². The van der Waals surface area contributed by atoms with Crippen LogP contribution in [0.3, 0.4) is 0 Å². The van der Waals surface area contributed by atoms with Crippen molar-refractivity contribution in [3.63, 3.8) is 0 Å². The molecule has 0 amide bonds. The number of rotatable bonds is 6. The predicted molar refractivity (Wildman–Crippen MR) is 79.6 cm³/mol. The van der Waals surface area contributed by atoms with E-state index in [1.807, 2.05) is 19.2 Å². The van der Waals surface area contributed by atoms with E-state index in [1.165, 1.54) is 12.8 Å². The number of benzene rings is 1. The Balaban J connectivity index is 2.13. The Bertz CT molecular complexity index is 418. The van der Waals surface area contributed by atoms with Crippen molar-refractivity contribution in [1.29, 1.82) is 0 Å². The van der Waals surface area contributed by atoms with Gasteiger partial charge in [-0.1, -0.05) is 15.9 Å². The maximum Gasteiger partial charge on any atom is 0.142 e. The summed E-state index contributed by atoms with van der Waals surface area (Å²) in [5, 5.41) is 3.30. The molecule has 0 saturated heterocycles. The molecule has 1 aliphatic rings. The first kappa shape index (κ1) is 13.7. The van der Waals surface area contributed by atoms with E-state index in [0.717, 1.165) is 29.0 Å². The molecule has 1 N–H and O–H groups in total. The van der Waals surface area contributed by atoms with Gasteiger partial charge in [-0.15, -0.1) is 0 Å². The topological polar surface area (TPSA) is 24.5 Å². The summed E-state index contributed by atoms with van der Waals surface area (Å²) in [6.45, 7) is 2.16. The van der Waals surface area contributed by atoms with Gasteiger partial charge in [-0.05, 0) is 38.1 Å². The lowest BCUT2D eigenvalue weighted by molar-refractivity contribution is 0.412. The van der Waals surface area contributed by atoms with Crippen LogP contribution in [0.25, 0.3) is 0 Å². The van der Waals surface area contributed by atoms with Gasteiger partial charge in [0.25, 0.3) is 0 Å². The van der Waals surface area contributed by atoms with Gasteiger partial charge in [-0.3, -0.25) is 0 Å². The molecule has 1 aliphatic carbocycles. The van der Waals surface area contributed by atoms with Gasteiger partial charge in [-0.2, -0.15) is 0 Å². The van der Waals surface area contributed by atoms with Crippen LogP contribution in [0, 0.1) is 5.41 Å². The highest BCUT2D eigenvalue weighted by atomic mass is 79.9. The molecule has 1 fully saturated rings. The van der Waals surface area contributed by atoms with E-state index < -0.39 is 0 Å². The summed E-state index contributed by atoms with van der Waals surface area (Å²) in [7, 11) is 5.89. The zero-order valence-electron chi connectivity index (χ0n) is 11.3.